The maximum absolute atomic E-state index is 13.0. The van der Waals surface area contributed by atoms with Crippen molar-refractivity contribution in [3.05, 3.63) is 59.7 Å². The van der Waals surface area contributed by atoms with Gasteiger partial charge in [-0.15, -0.1) is 0 Å². The third kappa shape index (κ3) is 5.12. The van der Waals surface area contributed by atoms with Crippen molar-refractivity contribution >= 4 is 33.6 Å². The van der Waals surface area contributed by atoms with E-state index in [1.807, 2.05) is 0 Å². The number of phenols is 1. The van der Waals surface area contributed by atoms with E-state index in [2.05, 4.69) is 4.72 Å². The molecule has 180 valence electrons. The summed E-state index contributed by atoms with van der Waals surface area (Å²) in [5.74, 6) is 1.14. The molecule has 0 aromatic heterocycles. The third-order valence-corrected chi connectivity index (χ3v) is 6.31. The fraction of sp³-hybridized carbons (Fsp3) is 0.167. The monoisotopic (exact) mass is 486 g/mol. The summed E-state index contributed by atoms with van der Waals surface area (Å²) >= 11 is 0. The van der Waals surface area contributed by atoms with Gasteiger partial charge in [0.15, 0.2) is 23.0 Å². The Morgan fingerprint density at radius 3 is 1.94 bits per heavy atom. The molecule has 0 aliphatic rings. The highest BCUT2D eigenvalue weighted by Gasteiger charge is 2.21. The number of phenolic OH excluding ortho intramolecular Hbond substituents is 1. The lowest BCUT2D eigenvalue weighted by Crippen LogP contribution is -2.14. The zero-order valence-corrected chi connectivity index (χ0v) is 20.0. The highest BCUT2D eigenvalue weighted by molar-refractivity contribution is 7.92. The predicted octanol–water partition coefficient (Wildman–Crippen LogP) is 3.98. The van der Waals surface area contributed by atoms with Crippen molar-refractivity contribution in [1.82, 2.24) is 0 Å². The standard InChI is InChI=1S/C24H26N2O7S/c1-30-20-13-15(14-21(31-2)24(20)33-4)5-6-16-7-12-19(27)23(32-3)22(16)26-34(28,29)18-10-8-17(25)9-11-18/h5-14,26-27H,25H2,1-4H3. The van der Waals surface area contributed by atoms with Crippen molar-refractivity contribution in [2.75, 3.05) is 38.9 Å². The Balaban J connectivity index is 2.07. The molecule has 0 saturated heterocycles. The van der Waals surface area contributed by atoms with Crippen molar-refractivity contribution in [1.29, 1.82) is 0 Å². The van der Waals surface area contributed by atoms with Crippen LogP contribution in [0.3, 0.4) is 0 Å². The highest BCUT2D eigenvalue weighted by Crippen LogP contribution is 2.41. The van der Waals surface area contributed by atoms with Gasteiger partial charge in [-0.25, -0.2) is 8.42 Å². The third-order valence-electron chi connectivity index (χ3n) is 4.94. The Labute approximate surface area is 198 Å². The van der Waals surface area contributed by atoms with Crippen molar-refractivity contribution in [2.45, 2.75) is 4.90 Å². The summed E-state index contributed by atoms with van der Waals surface area (Å²) in [4.78, 5) is 0.00616. The predicted molar refractivity (Wildman–Crippen MR) is 131 cm³/mol. The van der Waals surface area contributed by atoms with Crippen molar-refractivity contribution < 1.29 is 32.5 Å². The molecule has 0 bridgehead atoms. The number of aromatic hydroxyl groups is 1. The van der Waals surface area contributed by atoms with Gasteiger partial charge in [-0.1, -0.05) is 12.2 Å². The van der Waals surface area contributed by atoms with Crippen molar-refractivity contribution in [3.8, 4) is 28.7 Å². The lowest BCUT2D eigenvalue weighted by molar-refractivity contribution is 0.324. The largest absolute Gasteiger partial charge is 0.504 e. The number of ether oxygens (including phenoxy) is 4. The molecular formula is C24H26N2O7S. The molecule has 10 heteroatoms. The first kappa shape index (κ1) is 24.6. The normalized spacial score (nSPS) is 11.3. The van der Waals surface area contributed by atoms with E-state index >= 15 is 0 Å². The summed E-state index contributed by atoms with van der Waals surface area (Å²) in [5.41, 5.74) is 7.32. The molecule has 34 heavy (non-hydrogen) atoms. The molecule has 0 fully saturated rings. The summed E-state index contributed by atoms with van der Waals surface area (Å²) in [6, 6.07) is 12.2. The van der Waals surface area contributed by atoms with Crippen molar-refractivity contribution in [2.24, 2.45) is 0 Å². The van der Waals surface area contributed by atoms with Gasteiger partial charge in [0.1, 0.15) is 5.69 Å². The van der Waals surface area contributed by atoms with E-state index < -0.39 is 10.0 Å². The number of hydrogen-bond donors (Lipinski definition) is 3. The number of anilines is 2. The Morgan fingerprint density at radius 2 is 1.41 bits per heavy atom. The summed E-state index contributed by atoms with van der Waals surface area (Å²) in [6.07, 6.45) is 3.40. The fourth-order valence-corrected chi connectivity index (χ4v) is 4.35. The van der Waals surface area contributed by atoms with Gasteiger partial charge >= 0.3 is 0 Å². The van der Waals surface area contributed by atoms with E-state index in [0.717, 1.165) is 0 Å². The van der Waals surface area contributed by atoms with Crippen LogP contribution in [-0.4, -0.2) is 42.0 Å². The molecule has 9 nitrogen and oxygen atoms in total. The van der Waals surface area contributed by atoms with Crippen LogP contribution in [0.2, 0.25) is 0 Å². The smallest absolute Gasteiger partial charge is 0.262 e. The van der Waals surface area contributed by atoms with E-state index in [-0.39, 0.29) is 22.1 Å². The maximum atomic E-state index is 13.0. The van der Waals surface area contributed by atoms with Crippen LogP contribution in [0.4, 0.5) is 11.4 Å². The number of rotatable bonds is 9. The second kappa shape index (κ2) is 10.3. The quantitative estimate of drug-likeness (QED) is 0.306. The molecule has 3 rings (SSSR count). The fourth-order valence-electron chi connectivity index (χ4n) is 3.26. The van der Waals surface area contributed by atoms with Crippen LogP contribution in [0.1, 0.15) is 11.1 Å². The van der Waals surface area contributed by atoms with E-state index in [9.17, 15) is 13.5 Å². The Kier molecular flexibility index (Phi) is 7.42. The van der Waals surface area contributed by atoms with Gasteiger partial charge in [-0.05, 0) is 54.1 Å². The topological polar surface area (TPSA) is 129 Å². The molecule has 3 aromatic carbocycles. The summed E-state index contributed by atoms with van der Waals surface area (Å²) in [7, 11) is 1.87. The van der Waals surface area contributed by atoms with Crippen LogP contribution in [-0.2, 0) is 10.0 Å². The first-order valence-electron chi connectivity index (χ1n) is 10.0. The molecule has 0 aliphatic carbocycles. The second-order valence-corrected chi connectivity index (χ2v) is 8.73. The molecule has 0 aliphatic heterocycles. The van der Waals surface area contributed by atoms with Gasteiger partial charge in [0.05, 0.1) is 33.3 Å². The molecule has 0 heterocycles. The molecular weight excluding hydrogens is 460 g/mol. The highest BCUT2D eigenvalue weighted by atomic mass is 32.2. The summed E-state index contributed by atoms with van der Waals surface area (Å²) in [6.45, 7) is 0. The molecule has 3 aromatic rings. The minimum Gasteiger partial charge on any atom is -0.504 e. The van der Waals surface area contributed by atoms with Crippen LogP contribution in [0.25, 0.3) is 12.2 Å². The van der Waals surface area contributed by atoms with Crippen LogP contribution in [0.15, 0.2) is 53.4 Å². The van der Waals surface area contributed by atoms with Gasteiger partial charge in [0, 0.05) is 11.3 Å². The molecule has 4 N–H and O–H groups in total. The lowest BCUT2D eigenvalue weighted by Gasteiger charge is -2.16. The second-order valence-electron chi connectivity index (χ2n) is 7.05. The number of sulfonamides is 1. The van der Waals surface area contributed by atoms with Gasteiger partial charge in [-0.2, -0.15) is 0 Å². The SMILES string of the molecule is COc1cc(C=Cc2ccc(O)c(OC)c2NS(=O)(=O)c2ccc(N)cc2)cc(OC)c1OC. The van der Waals surface area contributed by atoms with Gasteiger partial charge in [-0.3, -0.25) is 4.72 Å². The van der Waals surface area contributed by atoms with Crippen molar-refractivity contribution in [3.63, 3.8) is 0 Å². The first-order valence-corrected chi connectivity index (χ1v) is 11.5. The van der Waals surface area contributed by atoms with Gasteiger partial charge in [0.25, 0.3) is 10.0 Å². The van der Waals surface area contributed by atoms with E-state index in [1.54, 1.807) is 30.4 Å². The minimum absolute atomic E-state index is 0.00616. The summed E-state index contributed by atoms with van der Waals surface area (Å²) in [5, 5.41) is 10.3. The van der Waals surface area contributed by atoms with Crippen LogP contribution < -0.4 is 29.4 Å². The zero-order chi connectivity index (χ0) is 24.9. The lowest BCUT2D eigenvalue weighted by atomic mass is 10.1. The number of benzene rings is 3. The zero-order valence-electron chi connectivity index (χ0n) is 19.2. The first-order chi connectivity index (χ1) is 16.2. The minimum atomic E-state index is -4.00. The number of nitrogens with one attached hydrogen (secondary N) is 1. The molecule has 0 amide bonds. The van der Waals surface area contributed by atoms with Crippen LogP contribution in [0, 0.1) is 0 Å². The number of hydrogen-bond acceptors (Lipinski definition) is 8. The average molecular weight is 487 g/mol. The Bertz CT molecular complexity index is 1280. The summed E-state index contributed by atoms with van der Waals surface area (Å²) < 4.78 is 49.9. The number of nitrogen functional groups attached to an aromatic ring is 1. The number of nitrogens with two attached hydrogens (primary N) is 1. The average Bonchev–Trinajstić information content (AvgIpc) is 2.83. The Morgan fingerprint density at radius 1 is 0.824 bits per heavy atom. The van der Waals surface area contributed by atoms with Crippen LogP contribution in [0.5, 0.6) is 28.7 Å². The van der Waals surface area contributed by atoms with E-state index in [4.69, 9.17) is 24.7 Å². The Hall–Kier alpha value is -4.05. The molecule has 0 radical (unpaired) electrons. The molecule has 0 saturated carbocycles. The van der Waals surface area contributed by atoms with E-state index in [0.29, 0.717) is 34.1 Å². The number of methoxy groups -OCH3 is 4. The van der Waals surface area contributed by atoms with E-state index in [1.165, 1.54) is 58.8 Å². The molecule has 0 atom stereocenters. The molecule has 0 unspecified atom stereocenters. The maximum Gasteiger partial charge on any atom is 0.262 e. The van der Waals surface area contributed by atoms with Gasteiger partial charge in [0.2, 0.25) is 5.75 Å². The molecule has 0 spiro atoms. The van der Waals surface area contributed by atoms with Gasteiger partial charge < -0.3 is 29.8 Å². The van der Waals surface area contributed by atoms with Crippen LogP contribution >= 0.6 is 0 Å².